The van der Waals surface area contributed by atoms with Gasteiger partial charge in [-0.1, -0.05) is 0 Å². The van der Waals surface area contributed by atoms with Crippen molar-refractivity contribution in [3.63, 3.8) is 0 Å². The lowest BCUT2D eigenvalue weighted by Crippen LogP contribution is -2.35. The van der Waals surface area contributed by atoms with Crippen LogP contribution < -0.4 is 14.8 Å². The van der Waals surface area contributed by atoms with E-state index in [-0.39, 0.29) is 18.4 Å². The van der Waals surface area contributed by atoms with Gasteiger partial charge in [-0.2, -0.15) is 0 Å². The Morgan fingerprint density at radius 1 is 1.11 bits per heavy atom. The zero-order valence-electron chi connectivity index (χ0n) is 15.5. The number of anilines is 1. The number of aromatic nitrogens is 1. The predicted molar refractivity (Wildman–Crippen MR) is 106 cm³/mol. The van der Waals surface area contributed by atoms with Crippen LogP contribution in [0.1, 0.15) is 24.2 Å². The summed E-state index contributed by atoms with van der Waals surface area (Å²) in [6, 6.07) is 6.83. The molecule has 144 valence electrons. The minimum atomic E-state index is -0.319. The van der Waals surface area contributed by atoms with Gasteiger partial charge >= 0.3 is 0 Å². The van der Waals surface area contributed by atoms with Gasteiger partial charge in [-0.05, 0) is 48.0 Å². The van der Waals surface area contributed by atoms with E-state index in [1.54, 1.807) is 37.5 Å². The molecule has 0 spiro atoms. The molecule has 0 unspecified atom stereocenters. The van der Waals surface area contributed by atoms with Gasteiger partial charge in [0.25, 0.3) is 5.91 Å². The van der Waals surface area contributed by atoms with E-state index in [2.05, 4.69) is 26.2 Å². The molecular weight excluding hydrogens is 414 g/mol. The number of benzene rings is 1. The molecular formula is C19H22BrN3O4. The van der Waals surface area contributed by atoms with Crippen molar-refractivity contribution >= 4 is 33.4 Å². The largest absolute Gasteiger partial charge is 0.490 e. The molecule has 0 atom stereocenters. The molecule has 0 aliphatic rings. The molecule has 0 aliphatic heterocycles. The van der Waals surface area contributed by atoms with Gasteiger partial charge in [0.2, 0.25) is 5.91 Å². The van der Waals surface area contributed by atoms with Crippen molar-refractivity contribution in [3.05, 3.63) is 46.7 Å². The number of ether oxygens (including phenoxy) is 2. The average Bonchev–Trinajstić information content (AvgIpc) is 2.63. The van der Waals surface area contributed by atoms with Crippen molar-refractivity contribution in [3.8, 4) is 11.5 Å². The summed E-state index contributed by atoms with van der Waals surface area (Å²) < 4.78 is 11.7. The number of rotatable bonds is 8. The zero-order chi connectivity index (χ0) is 19.8. The van der Waals surface area contributed by atoms with Crippen LogP contribution in [0.5, 0.6) is 11.5 Å². The van der Waals surface area contributed by atoms with Crippen molar-refractivity contribution in [1.29, 1.82) is 0 Å². The Hall–Kier alpha value is -2.61. The van der Waals surface area contributed by atoms with E-state index in [0.29, 0.717) is 40.4 Å². The third-order valence-corrected chi connectivity index (χ3v) is 3.94. The topological polar surface area (TPSA) is 80.8 Å². The smallest absolute Gasteiger partial charge is 0.255 e. The first-order valence-electron chi connectivity index (χ1n) is 8.50. The molecule has 2 rings (SSSR count). The van der Waals surface area contributed by atoms with Gasteiger partial charge in [-0.15, -0.1) is 0 Å². The fourth-order valence-corrected chi connectivity index (χ4v) is 2.73. The maximum absolute atomic E-state index is 12.4. The number of carbonyl (C=O) groups excluding carboxylic acids is 2. The number of carbonyl (C=O) groups is 2. The highest BCUT2D eigenvalue weighted by Gasteiger charge is 2.16. The molecule has 8 heteroatoms. The van der Waals surface area contributed by atoms with Crippen molar-refractivity contribution in [1.82, 2.24) is 9.88 Å². The van der Waals surface area contributed by atoms with Gasteiger partial charge in [0, 0.05) is 35.7 Å². The molecule has 2 amide bonds. The normalized spacial score (nSPS) is 10.2. The van der Waals surface area contributed by atoms with Crippen molar-refractivity contribution in [2.75, 3.05) is 32.1 Å². The summed E-state index contributed by atoms with van der Waals surface area (Å²) >= 11 is 3.28. The van der Waals surface area contributed by atoms with Crippen molar-refractivity contribution in [2.24, 2.45) is 0 Å². The Balaban J connectivity index is 2.02. The van der Waals surface area contributed by atoms with E-state index in [1.807, 2.05) is 13.8 Å². The Kier molecular flexibility index (Phi) is 7.60. The molecule has 1 heterocycles. The van der Waals surface area contributed by atoms with E-state index < -0.39 is 0 Å². The molecule has 7 nitrogen and oxygen atoms in total. The second-order valence-electron chi connectivity index (χ2n) is 5.63. The highest BCUT2D eigenvalue weighted by atomic mass is 79.9. The second kappa shape index (κ2) is 9.91. The van der Waals surface area contributed by atoms with Crippen LogP contribution in [0.25, 0.3) is 0 Å². The van der Waals surface area contributed by atoms with Crippen LogP contribution in [0.2, 0.25) is 0 Å². The summed E-state index contributed by atoms with van der Waals surface area (Å²) in [6.07, 6.45) is 3.05. The maximum atomic E-state index is 12.4. The van der Waals surface area contributed by atoms with Crippen molar-refractivity contribution in [2.45, 2.75) is 13.8 Å². The SMILES string of the molecule is CCOc1ccc(NC(=O)CN(C)C(=O)c2cncc(Br)c2)cc1OCC. The molecule has 0 radical (unpaired) electrons. The molecule has 0 saturated carbocycles. The van der Waals surface area contributed by atoms with Gasteiger partial charge in [0.15, 0.2) is 11.5 Å². The number of likely N-dealkylation sites (N-methyl/N-ethyl adjacent to an activating group) is 1. The molecule has 0 saturated heterocycles. The molecule has 1 aromatic carbocycles. The number of hydrogen-bond acceptors (Lipinski definition) is 5. The lowest BCUT2D eigenvalue weighted by molar-refractivity contribution is -0.116. The zero-order valence-corrected chi connectivity index (χ0v) is 17.1. The first-order chi connectivity index (χ1) is 12.9. The van der Waals surface area contributed by atoms with E-state index in [9.17, 15) is 9.59 Å². The van der Waals surface area contributed by atoms with Gasteiger partial charge in [0.1, 0.15) is 0 Å². The van der Waals surface area contributed by atoms with Gasteiger partial charge in [-0.3, -0.25) is 14.6 Å². The van der Waals surface area contributed by atoms with Crippen molar-refractivity contribution < 1.29 is 19.1 Å². The second-order valence-corrected chi connectivity index (χ2v) is 6.54. The Labute approximate surface area is 166 Å². The van der Waals surface area contributed by atoms with Crippen LogP contribution in [-0.2, 0) is 4.79 Å². The van der Waals surface area contributed by atoms with E-state index in [1.165, 1.54) is 11.1 Å². The predicted octanol–water partition coefficient (Wildman–Crippen LogP) is 3.35. The van der Waals surface area contributed by atoms with E-state index >= 15 is 0 Å². The monoisotopic (exact) mass is 435 g/mol. The number of hydrogen-bond donors (Lipinski definition) is 1. The van der Waals surface area contributed by atoms with Crippen LogP contribution in [-0.4, -0.2) is 48.5 Å². The van der Waals surface area contributed by atoms with E-state index in [0.717, 1.165) is 0 Å². The van der Waals surface area contributed by atoms with Gasteiger partial charge < -0.3 is 19.7 Å². The first kappa shape index (κ1) is 20.7. The van der Waals surface area contributed by atoms with E-state index in [4.69, 9.17) is 9.47 Å². The molecule has 27 heavy (non-hydrogen) atoms. The standard InChI is InChI=1S/C19H22BrN3O4/c1-4-26-16-7-6-15(9-17(16)27-5-2)22-18(24)12-23(3)19(25)13-8-14(20)11-21-10-13/h6-11H,4-5,12H2,1-3H3,(H,22,24). The Morgan fingerprint density at radius 3 is 2.48 bits per heavy atom. The van der Waals surface area contributed by atoms with Gasteiger partial charge in [0.05, 0.1) is 25.3 Å². The summed E-state index contributed by atoms with van der Waals surface area (Å²) in [5, 5.41) is 2.77. The Morgan fingerprint density at radius 2 is 1.81 bits per heavy atom. The number of nitrogens with one attached hydrogen (secondary N) is 1. The number of halogens is 1. The highest BCUT2D eigenvalue weighted by Crippen LogP contribution is 2.30. The van der Waals surface area contributed by atoms with Crippen LogP contribution in [0.3, 0.4) is 0 Å². The minimum absolute atomic E-state index is 0.0947. The summed E-state index contributed by atoms with van der Waals surface area (Å²) in [7, 11) is 1.56. The highest BCUT2D eigenvalue weighted by molar-refractivity contribution is 9.10. The van der Waals surface area contributed by atoms with Crippen LogP contribution in [0.4, 0.5) is 5.69 Å². The molecule has 2 aromatic rings. The van der Waals surface area contributed by atoms with Gasteiger partial charge in [-0.25, -0.2) is 0 Å². The molecule has 1 aromatic heterocycles. The fourth-order valence-electron chi connectivity index (χ4n) is 2.37. The average molecular weight is 436 g/mol. The number of amides is 2. The fraction of sp³-hybridized carbons (Fsp3) is 0.316. The summed E-state index contributed by atoms with van der Waals surface area (Å²) in [5.74, 6) is 0.564. The summed E-state index contributed by atoms with van der Waals surface area (Å²) in [6.45, 7) is 4.67. The van der Waals surface area contributed by atoms with Crippen LogP contribution >= 0.6 is 15.9 Å². The molecule has 0 fully saturated rings. The summed E-state index contributed by atoms with van der Waals surface area (Å²) in [4.78, 5) is 30.0. The maximum Gasteiger partial charge on any atom is 0.255 e. The van der Waals surface area contributed by atoms with Crippen LogP contribution in [0, 0.1) is 0 Å². The van der Waals surface area contributed by atoms with Crippen LogP contribution in [0.15, 0.2) is 41.1 Å². The third kappa shape index (κ3) is 5.96. The lowest BCUT2D eigenvalue weighted by atomic mass is 10.2. The molecule has 0 bridgehead atoms. The third-order valence-electron chi connectivity index (χ3n) is 3.51. The lowest BCUT2D eigenvalue weighted by Gasteiger charge is -2.17. The number of nitrogens with zero attached hydrogens (tertiary/aromatic N) is 2. The first-order valence-corrected chi connectivity index (χ1v) is 9.29. The minimum Gasteiger partial charge on any atom is -0.490 e. The molecule has 0 aliphatic carbocycles. The molecule has 1 N–H and O–H groups in total. The number of pyridine rings is 1. The quantitative estimate of drug-likeness (QED) is 0.687. The Bertz CT molecular complexity index is 813. The summed E-state index contributed by atoms with van der Waals surface area (Å²) in [5.41, 5.74) is 0.969.